The van der Waals surface area contributed by atoms with E-state index in [1.54, 1.807) is 0 Å². The summed E-state index contributed by atoms with van der Waals surface area (Å²) < 4.78 is 0.327. The molecule has 0 aromatic rings. The fourth-order valence-corrected chi connectivity index (χ4v) is 0. The molecule has 0 heterocycles. The normalized spacial score (nSPS) is 12.0. The molecule has 0 atom stereocenters. The van der Waals surface area contributed by atoms with E-state index in [9.17, 15) is 0 Å². The van der Waals surface area contributed by atoms with E-state index in [-0.39, 0.29) is 0 Å². The van der Waals surface area contributed by atoms with Crippen molar-refractivity contribution < 1.29 is 0 Å². The number of halogens is 3. The molecule has 0 saturated carbocycles. The van der Waals surface area contributed by atoms with Crippen LogP contribution in [0.4, 0.5) is 0 Å². The maximum absolute atomic E-state index is 2.36. The van der Waals surface area contributed by atoms with Gasteiger partial charge in [0.25, 0.3) is 0 Å². The molecule has 0 aliphatic carbocycles. The Balaban J connectivity index is 3.17. The zero-order valence-electron chi connectivity index (χ0n) is 3.21. The van der Waals surface area contributed by atoms with E-state index >= 15 is 0 Å². The summed E-state index contributed by atoms with van der Waals surface area (Å²) in [4.78, 5) is 0. The van der Waals surface area contributed by atoms with Gasteiger partial charge in [-0.25, -0.2) is 0 Å². The average Bonchev–Trinajstić information content (AvgIpc) is 1.35. The topological polar surface area (TPSA) is 0 Å². The van der Waals surface area contributed by atoms with Crippen LogP contribution in [0.2, 0.25) is 0 Å². The second-order valence-electron chi connectivity index (χ2n) is 0.830. The van der Waals surface area contributed by atoms with Crippen molar-refractivity contribution in [3.05, 3.63) is 6.42 Å². The molecule has 0 aromatic heterocycles. The molecule has 0 aliphatic rings. The van der Waals surface area contributed by atoms with Crippen molar-refractivity contribution in [2.45, 2.75) is 6.36 Å². The lowest BCUT2D eigenvalue weighted by Gasteiger charge is -2.04. The molecule has 0 unspecified atom stereocenters. The highest BCUT2D eigenvalue weighted by Crippen LogP contribution is 2.37. The predicted molar refractivity (Wildman–Crippen MR) is 54.8 cm³/mol. The summed E-state index contributed by atoms with van der Waals surface area (Å²) in [6.07, 6.45) is 2.15. The highest BCUT2D eigenvalue weighted by Gasteiger charge is 2.12. The third-order valence-corrected chi connectivity index (χ3v) is 2.20. The average molecular weight is 421 g/mol. The standard InChI is InChI=1S/C3H4I3/c1-2-3(4,5)6/h2H,1H3. The maximum atomic E-state index is 2.36. The summed E-state index contributed by atoms with van der Waals surface area (Å²) in [5.74, 6) is 0. The lowest BCUT2D eigenvalue weighted by atomic mass is 10.6. The van der Waals surface area contributed by atoms with Crippen molar-refractivity contribution in [1.82, 2.24) is 0 Å². The van der Waals surface area contributed by atoms with E-state index in [0.29, 0.717) is -0.565 Å². The van der Waals surface area contributed by atoms with Crippen LogP contribution >= 0.6 is 67.8 Å². The van der Waals surface area contributed by atoms with Crippen LogP contribution in [0.15, 0.2) is 0 Å². The van der Waals surface area contributed by atoms with Crippen LogP contribution in [0.5, 0.6) is 0 Å². The lowest BCUT2D eigenvalue weighted by molar-refractivity contribution is 1.41. The zero-order chi connectivity index (χ0) is 5.21. The third-order valence-electron chi connectivity index (χ3n) is 0.327. The Morgan fingerprint density at radius 2 is 1.50 bits per heavy atom. The minimum Gasteiger partial charge on any atom is -0.0593 e. The summed E-state index contributed by atoms with van der Waals surface area (Å²) in [7, 11) is 0. The van der Waals surface area contributed by atoms with Gasteiger partial charge < -0.3 is 0 Å². The fraction of sp³-hybridized carbons (Fsp3) is 0.667. The largest absolute Gasteiger partial charge is 0.127 e. The van der Waals surface area contributed by atoms with Gasteiger partial charge in [0.2, 0.25) is 0 Å². The minimum atomic E-state index is 0.327. The highest BCUT2D eigenvalue weighted by molar-refractivity contribution is 14.3. The molecule has 1 radical (unpaired) electrons. The van der Waals surface area contributed by atoms with Crippen LogP contribution in [-0.4, -0.2) is -0.565 Å². The molecule has 0 N–H and O–H groups in total. The Labute approximate surface area is 79.3 Å². The number of rotatable bonds is 1. The van der Waals surface area contributed by atoms with Gasteiger partial charge in [0.1, 0.15) is -0.565 Å². The molecule has 0 fully saturated rings. The molecule has 0 saturated heterocycles. The predicted octanol–water partition coefficient (Wildman–Crippen LogP) is 3.17. The van der Waals surface area contributed by atoms with Crippen molar-refractivity contribution in [2.75, 3.05) is 0 Å². The van der Waals surface area contributed by atoms with Crippen molar-refractivity contribution in [2.24, 2.45) is 0 Å². The van der Waals surface area contributed by atoms with Crippen LogP contribution in [0.3, 0.4) is 0 Å². The molecule has 6 heavy (non-hydrogen) atoms. The van der Waals surface area contributed by atoms with Crippen molar-refractivity contribution in [1.29, 1.82) is 0 Å². The van der Waals surface area contributed by atoms with Gasteiger partial charge in [-0.05, 0) is 6.42 Å². The Morgan fingerprint density at radius 3 is 1.50 bits per heavy atom. The van der Waals surface area contributed by atoms with Crippen LogP contribution in [0.25, 0.3) is 0 Å². The van der Waals surface area contributed by atoms with Crippen LogP contribution in [0.1, 0.15) is 6.92 Å². The summed E-state index contributed by atoms with van der Waals surface area (Å²) in [5, 5.41) is 0. The summed E-state index contributed by atoms with van der Waals surface area (Å²) >= 11 is 7.08. The van der Waals surface area contributed by atoms with Gasteiger partial charge in [0, 0.05) is 0 Å². The quantitative estimate of drug-likeness (QED) is 0.451. The molecular formula is C3H4I3. The lowest BCUT2D eigenvalue weighted by Crippen LogP contribution is -1.93. The Hall–Kier alpha value is 2.19. The second kappa shape index (κ2) is 3.26. The first-order chi connectivity index (χ1) is 2.56. The van der Waals surface area contributed by atoms with Gasteiger partial charge in [-0.15, -0.1) is 0 Å². The Morgan fingerprint density at radius 1 is 1.33 bits per heavy atom. The van der Waals surface area contributed by atoms with Gasteiger partial charge in [-0.2, -0.15) is 0 Å². The molecule has 0 aromatic carbocycles. The van der Waals surface area contributed by atoms with E-state index in [0.717, 1.165) is 0 Å². The van der Waals surface area contributed by atoms with E-state index < -0.39 is 0 Å². The summed E-state index contributed by atoms with van der Waals surface area (Å²) in [5.41, 5.74) is 0. The van der Waals surface area contributed by atoms with Crippen LogP contribution in [-0.2, 0) is 0 Å². The van der Waals surface area contributed by atoms with Crippen molar-refractivity contribution >= 4 is 67.8 Å². The molecule has 0 spiro atoms. The first kappa shape index (κ1) is 8.19. The fourth-order valence-electron chi connectivity index (χ4n) is 0. The molecule has 3 heteroatoms. The van der Waals surface area contributed by atoms with E-state index in [1.165, 1.54) is 0 Å². The van der Waals surface area contributed by atoms with E-state index in [1.807, 2.05) is 0 Å². The minimum absolute atomic E-state index is 0.327. The van der Waals surface area contributed by atoms with Gasteiger partial charge in [-0.3, -0.25) is 0 Å². The van der Waals surface area contributed by atoms with Gasteiger partial charge in [-0.1, -0.05) is 74.7 Å². The second-order valence-corrected chi connectivity index (χ2v) is 12.1. The maximum Gasteiger partial charge on any atom is 0.127 e. The molecule has 0 amide bonds. The molecule has 37 valence electrons. The monoisotopic (exact) mass is 421 g/mol. The Kier molecular flexibility index (Phi) is 4.45. The van der Waals surface area contributed by atoms with Crippen LogP contribution in [0, 0.1) is 6.42 Å². The van der Waals surface area contributed by atoms with E-state index in [4.69, 9.17) is 0 Å². The number of hydrogen-bond donors (Lipinski definition) is 0. The molecular weight excluding hydrogens is 417 g/mol. The zero-order valence-corrected chi connectivity index (χ0v) is 9.68. The van der Waals surface area contributed by atoms with E-state index in [2.05, 4.69) is 81.1 Å². The number of alkyl halides is 3. The molecule has 0 aliphatic heterocycles. The molecule has 0 bridgehead atoms. The first-order valence-corrected chi connectivity index (χ1v) is 4.67. The molecule has 0 rings (SSSR count). The number of hydrogen-bond acceptors (Lipinski definition) is 0. The summed E-state index contributed by atoms with van der Waals surface area (Å²) in [6, 6.07) is 0. The van der Waals surface area contributed by atoms with Crippen molar-refractivity contribution in [3.8, 4) is 0 Å². The SMILES string of the molecule is C[CH]C(I)(I)I. The third kappa shape index (κ3) is 6.19. The van der Waals surface area contributed by atoms with Crippen LogP contribution < -0.4 is 0 Å². The molecule has 0 nitrogen and oxygen atoms in total. The van der Waals surface area contributed by atoms with Crippen molar-refractivity contribution in [3.63, 3.8) is 0 Å². The smallest absolute Gasteiger partial charge is 0.0593 e. The van der Waals surface area contributed by atoms with Gasteiger partial charge in [0.05, 0.1) is 0 Å². The summed E-state index contributed by atoms with van der Waals surface area (Å²) in [6.45, 7) is 2.06. The highest BCUT2D eigenvalue weighted by atomic mass is 127. The first-order valence-electron chi connectivity index (χ1n) is 1.43. The van der Waals surface area contributed by atoms with Gasteiger partial charge in [0.15, 0.2) is 0 Å². The Bertz CT molecular complexity index is 35.8. The van der Waals surface area contributed by atoms with Gasteiger partial charge >= 0.3 is 0 Å².